The maximum Gasteiger partial charge on any atom is 0.262 e. The van der Waals surface area contributed by atoms with Gasteiger partial charge in [0.2, 0.25) is 0 Å². The number of benzene rings is 3. The van der Waals surface area contributed by atoms with Crippen molar-refractivity contribution in [2.24, 2.45) is 10.8 Å². The molecule has 0 radical (unpaired) electrons. The zero-order valence-corrected chi connectivity index (χ0v) is 21.3. The number of amides is 1. The molecule has 1 N–H and O–H groups in total. The van der Waals surface area contributed by atoms with Gasteiger partial charge in [-0.2, -0.15) is 0 Å². The third-order valence-electron chi connectivity index (χ3n) is 5.06. The minimum absolute atomic E-state index is 0.0436. The number of carbonyl (C=O) groups is 1. The van der Waals surface area contributed by atoms with Crippen LogP contribution in [0, 0.1) is 10.8 Å². The van der Waals surface area contributed by atoms with E-state index in [-0.39, 0.29) is 23.3 Å². The van der Waals surface area contributed by atoms with Gasteiger partial charge in [0.1, 0.15) is 17.2 Å². The van der Waals surface area contributed by atoms with Crippen LogP contribution in [0.5, 0.6) is 17.2 Å². The van der Waals surface area contributed by atoms with Gasteiger partial charge in [-0.3, -0.25) is 4.79 Å². The molecule has 0 bridgehead atoms. The van der Waals surface area contributed by atoms with Gasteiger partial charge in [-0.25, -0.2) is 0 Å². The summed E-state index contributed by atoms with van der Waals surface area (Å²) in [5, 5.41) is 2.89. The van der Waals surface area contributed by atoms with Crippen molar-refractivity contribution in [1.29, 1.82) is 0 Å². The molecule has 0 aliphatic rings. The van der Waals surface area contributed by atoms with Crippen LogP contribution in [-0.2, 0) is 17.6 Å². The summed E-state index contributed by atoms with van der Waals surface area (Å²) in [6.07, 6.45) is 1.87. The van der Waals surface area contributed by atoms with E-state index < -0.39 is 0 Å². The highest BCUT2D eigenvalue weighted by atomic mass is 16.5. The fraction of sp³-hybridized carbons (Fsp3) is 0.367. The Bertz CT molecular complexity index is 1070. The van der Waals surface area contributed by atoms with Crippen molar-refractivity contribution in [3.63, 3.8) is 0 Å². The van der Waals surface area contributed by atoms with Crippen molar-refractivity contribution < 1.29 is 14.3 Å². The van der Waals surface area contributed by atoms with E-state index >= 15 is 0 Å². The molecule has 4 nitrogen and oxygen atoms in total. The molecule has 0 fully saturated rings. The quantitative estimate of drug-likeness (QED) is 0.376. The molecular formula is C30H37NO3. The van der Waals surface area contributed by atoms with Crippen molar-refractivity contribution in [1.82, 2.24) is 0 Å². The fourth-order valence-electron chi connectivity index (χ4n) is 3.78. The topological polar surface area (TPSA) is 47.6 Å². The summed E-state index contributed by atoms with van der Waals surface area (Å²) in [5.74, 6) is 2.06. The molecule has 0 saturated carbocycles. The molecule has 0 heterocycles. The van der Waals surface area contributed by atoms with Gasteiger partial charge in [0, 0.05) is 5.69 Å². The first-order valence-corrected chi connectivity index (χ1v) is 11.8. The molecule has 3 rings (SSSR count). The Morgan fingerprint density at radius 3 is 2.00 bits per heavy atom. The maximum atomic E-state index is 12.5. The molecule has 0 aliphatic carbocycles. The van der Waals surface area contributed by atoms with Gasteiger partial charge in [-0.15, -0.1) is 0 Å². The van der Waals surface area contributed by atoms with Crippen LogP contribution in [-0.4, -0.2) is 12.5 Å². The lowest BCUT2D eigenvalue weighted by atomic mass is 9.84. The first-order valence-electron chi connectivity index (χ1n) is 11.8. The first-order chi connectivity index (χ1) is 16.0. The van der Waals surface area contributed by atoms with Gasteiger partial charge < -0.3 is 14.8 Å². The van der Waals surface area contributed by atoms with Crippen LogP contribution in [0.1, 0.15) is 52.7 Å². The predicted molar refractivity (Wildman–Crippen MR) is 140 cm³/mol. The molecule has 180 valence electrons. The number of hydrogen-bond acceptors (Lipinski definition) is 3. The number of ether oxygens (including phenoxy) is 2. The summed E-state index contributed by atoms with van der Waals surface area (Å²) >= 11 is 0. The van der Waals surface area contributed by atoms with Gasteiger partial charge in [0.05, 0.1) is 0 Å². The molecule has 34 heavy (non-hydrogen) atoms. The lowest BCUT2D eigenvalue weighted by Crippen LogP contribution is -2.21. The van der Waals surface area contributed by atoms with Crippen LogP contribution in [0.25, 0.3) is 0 Å². The summed E-state index contributed by atoms with van der Waals surface area (Å²) in [7, 11) is 0. The number of nitrogens with one attached hydrogen (secondary N) is 1. The predicted octanol–water partition coefficient (Wildman–Crippen LogP) is 7.67. The lowest BCUT2D eigenvalue weighted by Gasteiger charge is -2.23. The van der Waals surface area contributed by atoms with Crippen LogP contribution in [0.2, 0.25) is 0 Å². The van der Waals surface area contributed by atoms with Crippen LogP contribution >= 0.6 is 0 Å². The third-order valence-corrected chi connectivity index (χ3v) is 5.06. The van der Waals surface area contributed by atoms with E-state index in [1.807, 2.05) is 60.7 Å². The third kappa shape index (κ3) is 8.58. The molecule has 0 atom stereocenters. The molecular weight excluding hydrogens is 422 g/mol. The van der Waals surface area contributed by atoms with Crippen molar-refractivity contribution in [2.75, 3.05) is 11.9 Å². The van der Waals surface area contributed by atoms with Gasteiger partial charge in [0.25, 0.3) is 5.91 Å². The summed E-state index contributed by atoms with van der Waals surface area (Å²) in [6, 6.07) is 23.2. The standard InChI is InChI=1S/C30H37NO3/c1-29(2,3)19-22-12-17-27(23(18-22)20-30(4,5)6)33-21-28(32)31-24-13-15-26(16-14-24)34-25-10-8-7-9-11-25/h7-18H,19-21H2,1-6H3,(H,31,32). The van der Waals surface area contributed by atoms with Crippen LogP contribution in [0.4, 0.5) is 5.69 Å². The van der Waals surface area contributed by atoms with E-state index in [0.29, 0.717) is 11.4 Å². The second-order valence-electron chi connectivity index (χ2n) is 11.2. The molecule has 0 unspecified atom stereocenters. The van der Waals surface area contributed by atoms with Gasteiger partial charge in [0.15, 0.2) is 6.61 Å². The minimum atomic E-state index is -0.197. The summed E-state index contributed by atoms with van der Waals surface area (Å²) in [5.41, 5.74) is 3.46. The van der Waals surface area contributed by atoms with Crippen molar-refractivity contribution >= 4 is 11.6 Å². The monoisotopic (exact) mass is 459 g/mol. The average molecular weight is 460 g/mol. The van der Waals surface area contributed by atoms with Crippen molar-refractivity contribution in [3.8, 4) is 17.2 Å². The average Bonchev–Trinajstić information content (AvgIpc) is 2.73. The van der Waals surface area contributed by atoms with Crippen LogP contribution < -0.4 is 14.8 Å². The van der Waals surface area contributed by atoms with Crippen LogP contribution in [0.3, 0.4) is 0 Å². The number of rotatable bonds is 8. The second-order valence-corrected chi connectivity index (χ2v) is 11.2. The molecule has 3 aromatic rings. The Labute approximate surface area is 204 Å². The van der Waals surface area contributed by atoms with Crippen LogP contribution in [0.15, 0.2) is 72.8 Å². The van der Waals surface area contributed by atoms with Gasteiger partial charge >= 0.3 is 0 Å². The molecule has 0 aliphatic heterocycles. The van der Waals surface area contributed by atoms with E-state index in [2.05, 4.69) is 59.0 Å². The largest absolute Gasteiger partial charge is 0.483 e. The highest BCUT2D eigenvalue weighted by molar-refractivity contribution is 5.91. The van der Waals surface area contributed by atoms with Gasteiger partial charge in [-0.05, 0) is 77.3 Å². The van der Waals surface area contributed by atoms with Crippen molar-refractivity contribution in [2.45, 2.75) is 54.4 Å². The lowest BCUT2D eigenvalue weighted by molar-refractivity contribution is -0.118. The second kappa shape index (κ2) is 10.8. The highest BCUT2D eigenvalue weighted by Gasteiger charge is 2.18. The van der Waals surface area contributed by atoms with E-state index in [4.69, 9.17) is 9.47 Å². The Morgan fingerprint density at radius 2 is 1.38 bits per heavy atom. The SMILES string of the molecule is CC(C)(C)Cc1ccc(OCC(=O)Nc2ccc(Oc3ccccc3)cc2)c(CC(C)(C)C)c1. The first kappa shape index (κ1) is 25.4. The summed E-state index contributed by atoms with van der Waals surface area (Å²) in [6.45, 7) is 13.3. The molecule has 0 spiro atoms. The maximum absolute atomic E-state index is 12.5. The van der Waals surface area contributed by atoms with E-state index in [9.17, 15) is 4.79 Å². The van der Waals surface area contributed by atoms with E-state index in [0.717, 1.165) is 29.9 Å². The number of anilines is 1. The Balaban J connectivity index is 1.61. The van der Waals surface area contributed by atoms with E-state index in [1.54, 1.807) is 0 Å². The zero-order chi connectivity index (χ0) is 24.8. The van der Waals surface area contributed by atoms with Gasteiger partial charge in [-0.1, -0.05) is 71.9 Å². The number of carbonyl (C=O) groups excluding carboxylic acids is 1. The zero-order valence-electron chi connectivity index (χ0n) is 21.3. The number of hydrogen-bond donors (Lipinski definition) is 1. The Kier molecular flexibility index (Phi) is 8.03. The van der Waals surface area contributed by atoms with E-state index in [1.165, 1.54) is 5.56 Å². The Morgan fingerprint density at radius 1 is 0.765 bits per heavy atom. The highest BCUT2D eigenvalue weighted by Crippen LogP contribution is 2.31. The normalized spacial score (nSPS) is 11.7. The molecule has 0 saturated heterocycles. The van der Waals surface area contributed by atoms with Crippen molar-refractivity contribution in [3.05, 3.63) is 83.9 Å². The molecule has 3 aromatic carbocycles. The minimum Gasteiger partial charge on any atom is -0.483 e. The fourth-order valence-corrected chi connectivity index (χ4v) is 3.78. The number of para-hydroxylation sites is 1. The molecule has 1 amide bonds. The summed E-state index contributed by atoms with van der Waals surface area (Å²) in [4.78, 5) is 12.5. The Hall–Kier alpha value is -3.27. The smallest absolute Gasteiger partial charge is 0.262 e. The molecule has 4 heteroatoms. The molecule has 0 aromatic heterocycles. The summed E-state index contributed by atoms with van der Waals surface area (Å²) < 4.78 is 11.8.